The number of benzene rings is 3. The van der Waals surface area contributed by atoms with Crippen molar-refractivity contribution >= 4 is 7.60 Å². The lowest BCUT2D eigenvalue weighted by Gasteiger charge is -2.36. The van der Waals surface area contributed by atoms with Crippen LogP contribution in [0.4, 0.5) is 0 Å². The van der Waals surface area contributed by atoms with E-state index in [2.05, 4.69) is 101 Å². The maximum Gasteiger partial charge on any atom is 0.355 e. The lowest BCUT2D eigenvalue weighted by Crippen LogP contribution is -2.29. The standard InChI is InChI=1S/C30H39O4P/c1-33-34-35(31,32)26-18-7-5-3-2-4-6-17-25-30(27-19-11-8-12-20-27,28-21-13-9-14-22-28)29-23-15-10-16-24-29/h8-16,19-24H,2-7,17-18,25-26H2,1H3,(H,31,32). The van der Waals surface area contributed by atoms with Crippen molar-refractivity contribution in [2.24, 2.45) is 0 Å². The van der Waals surface area contributed by atoms with E-state index in [9.17, 15) is 9.46 Å². The number of hydrogen-bond donors (Lipinski definition) is 1. The van der Waals surface area contributed by atoms with Gasteiger partial charge >= 0.3 is 7.60 Å². The van der Waals surface area contributed by atoms with Crippen LogP contribution < -0.4 is 0 Å². The molecule has 0 amide bonds. The maximum absolute atomic E-state index is 11.6. The van der Waals surface area contributed by atoms with Gasteiger partial charge in [0.2, 0.25) is 0 Å². The fraction of sp³-hybridized carbons (Fsp3) is 0.400. The highest BCUT2D eigenvalue weighted by Gasteiger charge is 2.35. The van der Waals surface area contributed by atoms with Crippen molar-refractivity contribution in [3.05, 3.63) is 108 Å². The van der Waals surface area contributed by atoms with Gasteiger partial charge < -0.3 is 4.89 Å². The fourth-order valence-corrected chi connectivity index (χ4v) is 5.95. The summed E-state index contributed by atoms with van der Waals surface area (Å²) < 4.78 is 16.1. The molecule has 5 heteroatoms. The van der Waals surface area contributed by atoms with Crippen molar-refractivity contribution in [3.63, 3.8) is 0 Å². The Morgan fingerprint density at radius 3 is 1.40 bits per heavy atom. The molecule has 0 radical (unpaired) electrons. The summed E-state index contributed by atoms with van der Waals surface area (Å²) >= 11 is 0. The molecule has 0 aliphatic rings. The molecule has 0 aliphatic heterocycles. The first kappa shape index (κ1) is 27.4. The topological polar surface area (TPSA) is 55.8 Å². The van der Waals surface area contributed by atoms with Crippen molar-refractivity contribution in [3.8, 4) is 0 Å². The van der Waals surface area contributed by atoms with Crippen LogP contribution in [-0.4, -0.2) is 18.2 Å². The van der Waals surface area contributed by atoms with Crippen molar-refractivity contribution in [1.82, 2.24) is 0 Å². The van der Waals surface area contributed by atoms with Gasteiger partial charge in [-0.2, -0.15) is 0 Å². The molecule has 1 N–H and O–H groups in total. The highest BCUT2D eigenvalue weighted by molar-refractivity contribution is 7.52. The Bertz CT molecular complexity index is 912. The van der Waals surface area contributed by atoms with Crippen LogP contribution in [0.2, 0.25) is 0 Å². The molecule has 3 aromatic rings. The summed E-state index contributed by atoms with van der Waals surface area (Å²) in [7, 11) is -2.32. The third kappa shape index (κ3) is 8.15. The van der Waals surface area contributed by atoms with Gasteiger partial charge in [-0.3, -0.25) is 4.57 Å². The van der Waals surface area contributed by atoms with Crippen LogP contribution >= 0.6 is 7.60 Å². The van der Waals surface area contributed by atoms with Gasteiger partial charge in [-0.15, -0.1) is 4.67 Å². The molecule has 0 saturated carbocycles. The number of unbranched alkanes of at least 4 members (excludes halogenated alkanes) is 7. The monoisotopic (exact) mass is 494 g/mol. The van der Waals surface area contributed by atoms with Gasteiger partial charge in [0.1, 0.15) is 0 Å². The van der Waals surface area contributed by atoms with E-state index in [1.165, 1.54) is 43.1 Å². The van der Waals surface area contributed by atoms with Crippen LogP contribution in [0.15, 0.2) is 91.0 Å². The largest absolute Gasteiger partial charge is 0.355 e. The molecule has 4 nitrogen and oxygen atoms in total. The average Bonchev–Trinajstić information content (AvgIpc) is 2.89. The minimum Gasteiger partial charge on any atom is -0.323 e. The SMILES string of the molecule is COOP(=O)(O)CCCCCCCCCCC(c1ccccc1)(c1ccccc1)c1ccccc1. The first-order chi connectivity index (χ1) is 17.1. The second-order valence-corrected chi connectivity index (χ2v) is 11.1. The van der Waals surface area contributed by atoms with Gasteiger partial charge in [-0.25, -0.2) is 4.89 Å². The molecule has 188 valence electrons. The summed E-state index contributed by atoms with van der Waals surface area (Å²) in [4.78, 5) is 13.9. The van der Waals surface area contributed by atoms with E-state index in [1.807, 2.05) is 0 Å². The van der Waals surface area contributed by atoms with Crippen molar-refractivity contribution in [2.75, 3.05) is 13.3 Å². The van der Waals surface area contributed by atoms with E-state index in [1.54, 1.807) is 0 Å². The summed E-state index contributed by atoms with van der Waals surface area (Å²) in [6, 6.07) is 32.8. The Balaban J connectivity index is 1.56. The van der Waals surface area contributed by atoms with Crippen LogP contribution in [-0.2, 0) is 19.5 Å². The minimum atomic E-state index is -3.58. The molecule has 0 heterocycles. The van der Waals surface area contributed by atoms with Crippen molar-refractivity contribution in [1.29, 1.82) is 0 Å². The zero-order chi connectivity index (χ0) is 24.8. The van der Waals surface area contributed by atoms with Crippen LogP contribution in [0, 0.1) is 0 Å². The van der Waals surface area contributed by atoms with Gasteiger partial charge in [0, 0.05) is 5.41 Å². The molecule has 0 fully saturated rings. The molecule has 1 unspecified atom stereocenters. The van der Waals surface area contributed by atoms with E-state index < -0.39 is 7.60 Å². The van der Waals surface area contributed by atoms with E-state index in [0.717, 1.165) is 32.1 Å². The van der Waals surface area contributed by atoms with E-state index in [0.29, 0.717) is 6.42 Å². The zero-order valence-electron chi connectivity index (χ0n) is 20.9. The number of hydrogen-bond acceptors (Lipinski definition) is 3. The number of rotatable bonds is 16. The molecule has 0 saturated heterocycles. The molecule has 1 atom stereocenters. The lowest BCUT2D eigenvalue weighted by molar-refractivity contribution is -0.185. The van der Waals surface area contributed by atoms with E-state index in [4.69, 9.17) is 0 Å². The summed E-state index contributed by atoms with van der Waals surface area (Å²) in [6.07, 6.45) is 9.83. The highest BCUT2D eigenvalue weighted by atomic mass is 31.2. The van der Waals surface area contributed by atoms with Crippen LogP contribution in [0.5, 0.6) is 0 Å². The molecule has 3 rings (SSSR count). The summed E-state index contributed by atoms with van der Waals surface area (Å²) in [5.41, 5.74) is 3.87. The third-order valence-electron chi connectivity index (χ3n) is 6.73. The van der Waals surface area contributed by atoms with E-state index >= 15 is 0 Å². The average molecular weight is 495 g/mol. The first-order valence-corrected chi connectivity index (χ1v) is 14.6. The zero-order valence-corrected chi connectivity index (χ0v) is 21.7. The first-order valence-electron chi connectivity index (χ1n) is 12.8. The Hall–Kier alpha value is -2.23. The predicted molar refractivity (Wildman–Crippen MR) is 144 cm³/mol. The summed E-state index contributed by atoms with van der Waals surface area (Å²) in [6.45, 7) is 0. The third-order valence-corrected chi connectivity index (χ3v) is 8.00. The maximum atomic E-state index is 11.6. The van der Waals surface area contributed by atoms with Gasteiger partial charge in [0.05, 0.1) is 13.3 Å². The molecule has 0 aromatic heterocycles. The van der Waals surface area contributed by atoms with Gasteiger partial charge in [0.25, 0.3) is 0 Å². The molecule has 3 aromatic carbocycles. The normalized spacial score (nSPS) is 13.4. The quantitative estimate of drug-likeness (QED) is 0.0715. The van der Waals surface area contributed by atoms with Crippen LogP contribution in [0.25, 0.3) is 0 Å². The molecule has 0 aliphatic carbocycles. The van der Waals surface area contributed by atoms with Crippen molar-refractivity contribution in [2.45, 2.75) is 63.2 Å². The highest BCUT2D eigenvalue weighted by Crippen LogP contribution is 2.44. The lowest BCUT2D eigenvalue weighted by atomic mass is 9.66. The molecular weight excluding hydrogens is 455 g/mol. The predicted octanol–water partition coefficient (Wildman–Crippen LogP) is 8.30. The molecule has 0 bridgehead atoms. The second kappa shape index (κ2) is 14.4. The molecular formula is C30H39O4P. The Morgan fingerprint density at radius 1 is 0.629 bits per heavy atom. The van der Waals surface area contributed by atoms with E-state index in [-0.39, 0.29) is 11.6 Å². The van der Waals surface area contributed by atoms with Crippen LogP contribution in [0.1, 0.15) is 74.5 Å². The smallest absolute Gasteiger partial charge is 0.323 e. The Kier molecular flexibility index (Phi) is 11.2. The minimum absolute atomic E-state index is 0.154. The summed E-state index contributed by atoms with van der Waals surface area (Å²) in [5, 5.41) is 0. The fourth-order valence-electron chi connectivity index (χ4n) is 5.02. The van der Waals surface area contributed by atoms with Crippen molar-refractivity contribution < 1.29 is 19.0 Å². The van der Waals surface area contributed by atoms with Gasteiger partial charge in [-0.05, 0) is 29.5 Å². The Morgan fingerprint density at radius 2 is 1.00 bits per heavy atom. The second-order valence-electron chi connectivity index (χ2n) is 9.18. The van der Waals surface area contributed by atoms with Gasteiger partial charge in [0.15, 0.2) is 0 Å². The van der Waals surface area contributed by atoms with Crippen LogP contribution in [0.3, 0.4) is 0 Å². The summed E-state index contributed by atoms with van der Waals surface area (Å²) in [5.74, 6) is 0. The Labute approximate surface area is 210 Å². The van der Waals surface area contributed by atoms with Gasteiger partial charge in [-0.1, -0.05) is 136 Å². The molecule has 35 heavy (non-hydrogen) atoms. The molecule has 0 spiro atoms.